The minimum atomic E-state index is -0.604. The second-order valence-corrected chi connectivity index (χ2v) is 5.91. The summed E-state index contributed by atoms with van der Waals surface area (Å²) in [4.78, 5) is 12.5. The van der Waals surface area contributed by atoms with Crippen molar-refractivity contribution < 1.29 is 4.79 Å². The monoisotopic (exact) mass is 326 g/mol. The largest absolute Gasteiger partial charge is 0.392 e. The van der Waals surface area contributed by atoms with Crippen molar-refractivity contribution in [3.63, 3.8) is 0 Å². The molecule has 96 valence electrons. The Morgan fingerprint density at radius 1 is 1.56 bits per heavy atom. The summed E-state index contributed by atoms with van der Waals surface area (Å²) in [5, 5.41) is 2.95. The summed E-state index contributed by atoms with van der Waals surface area (Å²) >= 11 is 8.40. The van der Waals surface area contributed by atoms with E-state index in [0.29, 0.717) is 4.99 Å². The molecule has 2 rings (SSSR count). The Bertz CT molecular complexity index is 512. The molecule has 1 aromatic rings. The quantitative estimate of drug-likeness (QED) is 0.836. The number of nitrogens with one attached hydrogen (secondary N) is 1. The number of halogens is 1. The molecule has 18 heavy (non-hydrogen) atoms. The fourth-order valence-corrected chi connectivity index (χ4v) is 2.63. The van der Waals surface area contributed by atoms with Crippen molar-refractivity contribution in [3.8, 4) is 0 Å². The number of nitrogens with two attached hydrogens (primary N) is 1. The van der Waals surface area contributed by atoms with Gasteiger partial charge in [-0.1, -0.05) is 35.1 Å². The van der Waals surface area contributed by atoms with E-state index < -0.39 is 5.41 Å². The van der Waals surface area contributed by atoms with Gasteiger partial charge < -0.3 is 11.1 Å². The number of carbonyl (C=O) groups is 1. The van der Waals surface area contributed by atoms with Crippen molar-refractivity contribution in [1.82, 2.24) is 0 Å². The molecule has 1 amide bonds. The SMILES string of the molecule is CCc1cc(Br)ccc1NC(=O)C1(C(N)=S)CC1. The van der Waals surface area contributed by atoms with Gasteiger partial charge in [-0.3, -0.25) is 4.79 Å². The van der Waals surface area contributed by atoms with E-state index in [1.807, 2.05) is 18.2 Å². The van der Waals surface area contributed by atoms with Crippen molar-refractivity contribution in [1.29, 1.82) is 0 Å². The first-order valence-electron chi connectivity index (χ1n) is 5.89. The molecule has 1 aliphatic rings. The standard InChI is InChI=1S/C13H15BrN2OS/c1-2-8-7-9(14)3-4-10(8)16-12(17)13(5-6-13)11(15)18/h3-4,7H,2,5-6H2,1H3,(H2,15,18)(H,16,17). The summed E-state index contributed by atoms with van der Waals surface area (Å²) < 4.78 is 1.01. The molecule has 0 radical (unpaired) electrons. The minimum Gasteiger partial charge on any atom is -0.392 e. The van der Waals surface area contributed by atoms with Gasteiger partial charge in [0.25, 0.3) is 0 Å². The normalized spacial score (nSPS) is 16.1. The summed E-state index contributed by atoms with van der Waals surface area (Å²) in [6, 6.07) is 5.82. The van der Waals surface area contributed by atoms with Crippen molar-refractivity contribution in [2.45, 2.75) is 26.2 Å². The Morgan fingerprint density at radius 2 is 2.22 bits per heavy atom. The van der Waals surface area contributed by atoms with Crippen molar-refractivity contribution in [2.24, 2.45) is 11.1 Å². The molecule has 0 aliphatic heterocycles. The highest BCUT2D eigenvalue weighted by Gasteiger charge is 2.52. The fourth-order valence-electron chi connectivity index (χ4n) is 1.93. The summed E-state index contributed by atoms with van der Waals surface area (Å²) in [6.45, 7) is 2.05. The lowest BCUT2D eigenvalue weighted by Gasteiger charge is -2.16. The average Bonchev–Trinajstić information content (AvgIpc) is 3.12. The number of amides is 1. The lowest BCUT2D eigenvalue weighted by Crippen LogP contribution is -2.35. The van der Waals surface area contributed by atoms with Gasteiger partial charge in [-0.25, -0.2) is 0 Å². The summed E-state index contributed by atoms with van der Waals surface area (Å²) in [5.74, 6) is -0.0768. The summed E-state index contributed by atoms with van der Waals surface area (Å²) in [6.07, 6.45) is 2.37. The zero-order valence-electron chi connectivity index (χ0n) is 10.1. The van der Waals surface area contributed by atoms with Gasteiger partial charge in [0.1, 0.15) is 0 Å². The van der Waals surface area contributed by atoms with Crippen LogP contribution in [0.4, 0.5) is 5.69 Å². The number of hydrogen-bond acceptors (Lipinski definition) is 2. The Balaban J connectivity index is 2.20. The Labute approximate surface area is 120 Å². The van der Waals surface area contributed by atoms with E-state index in [9.17, 15) is 4.79 Å². The Kier molecular flexibility index (Phi) is 3.73. The molecular formula is C13H15BrN2OS. The van der Waals surface area contributed by atoms with E-state index in [-0.39, 0.29) is 5.91 Å². The molecule has 1 saturated carbocycles. The first-order valence-corrected chi connectivity index (χ1v) is 7.09. The van der Waals surface area contributed by atoms with Gasteiger partial charge in [-0.05, 0) is 43.0 Å². The van der Waals surface area contributed by atoms with E-state index in [4.69, 9.17) is 18.0 Å². The second-order valence-electron chi connectivity index (χ2n) is 4.56. The average molecular weight is 327 g/mol. The summed E-state index contributed by atoms with van der Waals surface area (Å²) in [7, 11) is 0. The number of thiocarbonyl (C=S) groups is 1. The predicted octanol–water partition coefficient (Wildman–Crippen LogP) is 3.02. The number of carbonyl (C=O) groups excluding carboxylic acids is 1. The number of rotatable bonds is 4. The van der Waals surface area contributed by atoms with Gasteiger partial charge in [0.15, 0.2) is 0 Å². The smallest absolute Gasteiger partial charge is 0.237 e. The molecular weight excluding hydrogens is 312 g/mol. The Morgan fingerprint density at radius 3 is 2.72 bits per heavy atom. The number of hydrogen-bond donors (Lipinski definition) is 2. The highest BCUT2D eigenvalue weighted by atomic mass is 79.9. The molecule has 0 heterocycles. The maximum Gasteiger partial charge on any atom is 0.237 e. The predicted molar refractivity (Wildman–Crippen MR) is 80.6 cm³/mol. The van der Waals surface area contributed by atoms with Crippen LogP contribution in [0.3, 0.4) is 0 Å². The lowest BCUT2D eigenvalue weighted by atomic mass is 10.1. The molecule has 3 N–H and O–H groups in total. The first kappa shape index (κ1) is 13.5. The van der Waals surface area contributed by atoms with Gasteiger partial charge in [0.05, 0.1) is 10.4 Å². The van der Waals surface area contributed by atoms with Crippen molar-refractivity contribution in [2.75, 3.05) is 5.32 Å². The molecule has 0 unspecified atom stereocenters. The van der Waals surface area contributed by atoms with Crippen LogP contribution >= 0.6 is 28.1 Å². The number of anilines is 1. The lowest BCUT2D eigenvalue weighted by molar-refractivity contribution is -0.118. The second kappa shape index (κ2) is 4.97. The van der Waals surface area contributed by atoms with Gasteiger partial charge in [0, 0.05) is 10.2 Å². The molecule has 1 aromatic carbocycles. The number of benzene rings is 1. The molecule has 3 nitrogen and oxygen atoms in total. The molecule has 0 bridgehead atoms. The third-order valence-electron chi connectivity index (χ3n) is 3.35. The molecule has 0 aromatic heterocycles. The van der Waals surface area contributed by atoms with Gasteiger partial charge in [-0.2, -0.15) is 0 Å². The van der Waals surface area contributed by atoms with Crippen LogP contribution in [0.2, 0.25) is 0 Å². The van der Waals surface area contributed by atoms with Crippen LogP contribution in [0.25, 0.3) is 0 Å². The van der Waals surface area contributed by atoms with E-state index in [2.05, 4.69) is 28.2 Å². The van der Waals surface area contributed by atoms with E-state index in [0.717, 1.165) is 35.0 Å². The van der Waals surface area contributed by atoms with Crippen LogP contribution in [0.15, 0.2) is 22.7 Å². The topological polar surface area (TPSA) is 55.1 Å². The zero-order valence-corrected chi connectivity index (χ0v) is 12.5. The van der Waals surface area contributed by atoms with E-state index >= 15 is 0 Å². The highest BCUT2D eigenvalue weighted by Crippen LogP contribution is 2.47. The van der Waals surface area contributed by atoms with Crippen LogP contribution in [0.5, 0.6) is 0 Å². The molecule has 5 heteroatoms. The Hall–Kier alpha value is -0.940. The van der Waals surface area contributed by atoms with Crippen molar-refractivity contribution in [3.05, 3.63) is 28.2 Å². The number of aryl methyl sites for hydroxylation is 1. The third kappa shape index (κ3) is 2.42. The van der Waals surface area contributed by atoms with Crippen LogP contribution in [0, 0.1) is 5.41 Å². The van der Waals surface area contributed by atoms with Crippen LogP contribution in [0.1, 0.15) is 25.3 Å². The molecule has 0 spiro atoms. The summed E-state index contributed by atoms with van der Waals surface area (Å²) in [5.41, 5.74) is 6.98. The van der Waals surface area contributed by atoms with Crippen LogP contribution in [-0.4, -0.2) is 10.9 Å². The van der Waals surface area contributed by atoms with Gasteiger partial charge in [-0.15, -0.1) is 0 Å². The van der Waals surface area contributed by atoms with Crippen molar-refractivity contribution >= 4 is 44.7 Å². The molecule has 0 saturated heterocycles. The van der Waals surface area contributed by atoms with Crippen LogP contribution < -0.4 is 11.1 Å². The van der Waals surface area contributed by atoms with E-state index in [1.165, 1.54) is 0 Å². The fraction of sp³-hybridized carbons (Fsp3) is 0.385. The molecule has 1 fully saturated rings. The third-order valence-corrected chi connectivity index (χ3v) is 4.24. The maximum absolute atomic E-state index is 12.2. The van der Waals surface area contributed by atoms with Crippen LogP contribution in [-0.2, 0) is 11.2 Å². The molecule has 0 atom stereocenters. The zero-order chi connectivity index (χ0) is 13.3. The highest BCUT2D eigenvalue weighted by molar-refractivity contribution is 9.10. The first-order chi connectivity index (χ1) is 8.49. The van der Waals surface area contributed by atoms with Gasteiger partial charge in [0.2, 0.25) is 5.91 Å². The molecule has 1 aliphatic carbocycles. The van der Waals surface area contributed by atoms with Gasteiger partial charge >= 0.3 is 0 Å². The van der Waals surface area contributed by atoms with E-state index in [1.54, 1.807) is 0 Å². The maximum atomic E-state index is 12.2. The minimum absolute atomic E-state index is 0.0768.